The highest BCUT2D eigenvalue weighted by Gasteiger charge is 2.42. The van der Waals surface area contributed by atoms with E-state index >= 15 is 0 Å². The molecule has 0 amide bonds. The van der Waals surface area contributed by atoms with E-state index in [0.29, 0.717) is 10.7 Å². The summed E-state index contributed by atoms with van der Waals surface area (Å²) in [4.78, 5) is 19.4. The highest BCUT2D eigenvalue weighted by molar-refractivity contribution is 7.80. The van der Waals surface area contributed by atoms with E-state index in [2.05, 4.69) is 39.7 Å². The van der Waals surface area contributed by atoms with Gasteiger partial charge in [-0.2, -0.15) is 0 Å². The fourth-order valence-corrected chi connectivity index (χ4v) is 5.67. The van der Waals surface area contributed by atoms with Crippen LogP contribution in [0.4, 0.5) is 0 Å². The van der Waals surface area contributed by atoms with Crippen molar-refractivity contribution in [1.29, 1.82) is 0 Å². The first-order valence-electron chi connectivity index (χ1n) is 12.0. The van der Waals surface area contributed by atoms with Crippen LogP contribution in [0.5, 0.6) is 0 Å². The van der Waals surface area contributed by atoms with Gasteiger partial charge in [0, 0.05) is 30.7 Å². The van der Waals surface area contributed by atoms with Gasteiger partial charge in [0.05, 0.1) is 42.2 Å². The number of nitrogens with one attached hydrogen (secondary N) is 1. The van der Waals surface area contributed by atoms with Gasteiger partial charge in [-0.3, -0.25) is 4.98 Å². The van der Waals surface area contributed by atoms with Crippen molar-refractivity contribution in [2.24, 2.45) is 0 Å². The molecule has 3 atom stereocenters. The van der Waals surface area contributed by atoms with Crippen LogP contribution in [0, 0.1) is 13.8 Å². The molecule has 0 spiro atoms. The van der Waals surface area contributed by atoms with Crippen LogP contribution in [-0.4, -0.2) is 51.9 Å². The van der Waals surface area contributed by atoms with Crippen LogP contribution in [0.15, 0.2) is 54.7 Å². The van der Waals surface area contributed by atoms with Gasteiger partial charge in [-0.15, -0.1) is 0 Å². The number of rotatable bonds is 6. The predicted octanol–water partition coefficient (Wildman–Crippen LogP) is 4.43. The smallest absolute Gasteiger partial charge is 0.339 e. The Hall–Kier alpha value is -3.23. The molecule has 5 rings (SSSR count). The Kier molecular flexibility index (Phi) is 6.58. The summed E-state index contributed by atoms with van der Waals surface area (Å²) >= 11 is 5.84. The van der Waals surface area contributed by atoms with E-state index in [1.54, 1.807) is 6.07 Å². The molecule has 4 heterocycles. The molecule has 0 radical (unpaired) electrons. The SMILES string of the molecule is COC(=O)c1ccccc1-n1c(C)cc([C@H]2[C@@H](c3ccccn3)NC(=S)N2C[C@@H]2CCCO2)c1C. The van der Waals surface area contributed by atoms with Crippen molar-refractivity contribution in [2.45, 2.75) is 44.9 Å². The second kappa shape index (κ2) is 9.79. The molecule has 2 aliphatic rings. The standard InChI is InChI=1S/C27H30N4O3S/c1-17-15-21(18(2)31(17)23-12-5-4-10-20(23)26(32)33-3)25-24(22-11-6-7-13-28-22)29-27(35)30(25)16-19-9-8-14-34-19/h4-7,10-13,15,19,24-25H,8-9,14,16H2,1-3H3,(H,29,35)/t19-,24+,25-/m0/s1. The van der Waals surface area contributed by atoms with Gasteiger partial charge < -0.3 is 24.3 Å². The second-order valence-electron chi connectivity index (χ2n) is 9.08. The number of carbonyl (C=O) groups is 1. The van der Waals surface area contributed by atoms with Gasteiger partial charge in [-0.05, 0) is 74.8 Å². The predicted molar refractivity (Wildman–Crippen MR) is 138 cm³/mol. The number of nitrogens with zero attached hydrogens (tertiary/aromatic N) is 3. The summed E-state index contributed by atoms with van der Waals surface area (Å²) in [5.41, 5.74) is 5.49. The molecule has 0 unspecified atom stereocenters. The van der Waals surface area contributed by atoms with Gasteiger partial charge in [0.1, 0.15) is 0 Å². The van der Waals surface area contributed by atoms with E-state index in [0.717, 1.165) is 54.3 Å². The number of benzene rings is 1. The number of hydrogen-bond donors (Lipinski definition) is 1. The maximum absolute atomic E-state index is 12.5. The van der Waals surface area contributed by atoms with Crippen LogP contribution in [0.1, 0.15) is 57.9 Å². The third-order valence-electron chi connectivity index (χ3n) is 6.96. The van der Waals surface area contributed by atoms with Gasteiger partial charge in [0.2, 0.25) is 0 Å². The molecule has 35 heavy (non-hydrogen) atoms. The van der Waals surface area contributed by atoms with Gasteiger partial charge in [-0.25, -0.2) is 4.79 Å². The zero-order valence-corrected chi connectivity index (χ0v) is 21.0. The zero-order valence-electron chi connectivity index (χ0n) is 20.2. The second-order valence-corrected chi connectivity index (χ2v) is 9.47. The Morgan fingerprint density at radius 1 is 1.23 bits per heavy atom. The van der Waals surface area contributed by atoms with E-state index in [4.69, 9.17) is 21.7 Å². The Labute approximate surface area is 211 Å². The monoisotopic (exact) mass is 490 g/mol. The Balaban J connectivity index is 1.61. The molecule has 2 aromatic heterocycles. The first-order chi connectivity index (χ1) is 17.0. The minimum absolute atomic E-state index is 0.0631. The van der Waals surface area contributed by atoms with Crippen LogP contribution in [0.2, 0.25) is 0 Å². The molecule has 0 bridgehead atoms. The number of aryl methyl sites for hydroxylation is 1. The van der Waals surface area contributed by atoms with Crippen LogP contribution < -0.4 is 5.32 Å². The third-order valence-corrected chi connectivity index (χ3v) is 7.31. The van der Waals surface area contributed by atoms with E-state index in [9.17, 15) is 4.79 Å². The summed E-state index contributed by atoms with van der Waals surface area (Å²) in [6.07, 6.45) is 4.08. The lowest BCUT2D eigenvalue weighted by molar-refractivity contribution is 0.0600. The molecule has 3 aromatic rings. The molecule has 0 aliphatic carbocycles. The van der Waals surface area contributed by atoms with Gasteiger partial charge in [0.15, 0.2) is 5.11 Å². The highest BCUT2D eigenvalue weighted by atomic mass is 32.1. The molecule has 7 nitrogen and oxygen atoms in total. The third kappa shape index (κ3) is 4.32. The van der Waals surface area contributed by atoms with E-state index in [1.807, 2.05) is 42.6 Å². The number of para-hydroxylation sites is 1. The van der Waals surface area contributed by atoms with Gasteiger partial charge >= 0.3 is 5.97 Å². The van der Waals surface area contributed by atoms with Crippen LogP contribution in [0.25, 0.3) is 5.69 Å². The lowest BCUT2D eigenvalue weighted by Crippen LogP contribution is -2.36. The highest BCUT2D eigenvalue weighted by Crippen LogP contribution is 2.42. The van der Waals surface area contributed by atoms with Gasteiger partial charge in [-0.1, -0.05) is 18.2 Å². The van der Waals surface area contributed by atoms with Crippen LogP contribution in [0.3, 0.4) is 0 Å². The molecule has 8 heteroatoms. The number of esters is 1. The topological polar surface area (TPSA) is 68.6 Å². The van der Waals surface area contributed by atoms with Crippen molar-refractivity contribution in [3.8, 4) is 5.69 Å². The first-order valence-corrected chi connectivity index (χ1v) is 12.4. The Morgan fingerprint density at radius 2 is 2.03 bits per heavy atom. The number of aromatic nitrogens is 2. The fraction of sp³-hybridized carbons (Fsp3) is 0.370. The largest absolute Gasteiger partial charge is 0.465 e. The summed E-state index contributed by atoms with van der Waals surface area (Å²) in [7, 11) is 1.41. The minimum Gasteiger partial charge on any atom is -0.465 e. The number of pyridine rings is 1. The number of methoxy groups -OCH3 is 1. The van der Waals surface area contributed by atoms with Crippen molar-refractivity contribution < 1.29 is 14.3 Å². The Morgan fingerprint density at radius 3 is 2.74 bits per heavy atom. The molecule has 1 aromatic carbocycles. The summed E-state index contributed by atoms with van der Waals surface area (Å²) in [5.74, 6) is -0.357. The zero-order chi connectivity index (χ0) is 24.5. The normalized spacial score (nSPS) is 21.9. The van der Waals surface area contributed by atoms with E-state index < -0.39 is 0 Å². The van der Waals surface area contributed by atoms with E-state index in [-0.39, 0.29) is 24.2 Å². The quantitative estimate of drug-likeness (QED) is 0.405. The van der Waals surface area contributed by atoms with Crippen molar-refractivity contribution in [1.82, 2.24) is 19.8 Å². The molecular weight excluding hydrogens is 460 g/mol. The molecule has 2 saturated heterocycles. The first kappa shape index (κ1) is 23.5. The van der Waals surface area contributed by atoms with Crippen molar-refractivity contribution >= 4 is 23.3 Å². The van der Waals surface area contributed by atoms with Crippen molar-refractivity contribution in [3.05, 3.63) is 82.9 Å². The number of carbonyl (C=O) groups excluding carboxylic acids is 1. The van der Waals surface area contributed by atoms with E-state index in [1.165, 1.54) is 7.11 Å². The number of thiocarbonyl (C=S) groups is 1. The van der Waals surface area contributed by atoms with Crippen molar-refractivity contribution in [2.75, 3.05) is 20.3 Å². The summed E-state index contributed by atoms with van der Waals surface area (Å²) in [6.45, 7) is 5.68. The molecule has 2 fully saturated rings. The average molecular weight is 491 g/mol. The van der Waals surface area contributed by atoms with Crippen LogP contribution in [-0.2, 0) is 9.47 Å². The summed E-state index contributed by atoms with van der Waals surface area (Å²) in [5, 5.41) is 4.24. The maximum Gasteiger partial charge on any atom is 0.339 e. The summed E-state index contributed by atoms with van der Waals surface area (Å²) < 4.78 is 13.2. The lowest BCUT2D eigenvalue weighted by Gasteiger charge is -2.30. The minimum atomic E-state index is -0.357. The maximum atomic E-state index is 12.5. The van der Waals surface area contributed by atoms with Gasteiger partial charge in [0.25, 0.3) is 0 Å². The number of ether oxygens (including phenoxy) is 2. The summed E-state index contributed by atoms with van der Waals surface area (Å²) in [6, 6.07) is 15.5. The molecular formula is C27H30N4O3S. The molecule has 2 aliphatic heterocycles. The Bertz CT molecular complexity index is 1240. The van der Waals surface area contributed by atoms with Crippen molar-refractivity contribution in [3.63, 3.8) is 0 Å². The molecule has 1 N–H and O–H groups in total. The number of hydrogen-bond acceptors (Lipinski definition) is 5. The average Bonchev–Trinajstić information content (AvgIpc) is 3.58. The molecule has 182 valence electrons. The molecule has 0 saturated carbocycles. The fourth-order valence-electron chi connectivity index (χ4n) is 5.36. The lowest BCUT2D eigenvalue weighted by atomic mass is 9.96. The van der Waals surface area contributed by atoms with Crippen LogP contribution >= 0.6 is 12.2 Å².